The van der Waals surface area contributed by atoms with Gasteiger partial charge in [-0.2, -0.15) is 0 Å². The summed E-state index contributed by atoms with van der Waals surface area (Å²) in [5, 5.41) is 10.5. The molecular weight excluding hydrogens is 294 g/mol. The van der Waals surface area contributed by atoms with Crippen molar-refractivity contribution in [1.29, 1.82) is 0 Å². The Bertz CT molecular complexity index is 833. The van der Waals surface area contributed by atoms with E-state index in [0.717, 1.165) is 5.56 Å². The largest absolute Gasteiger partial charge is 0.389 e. The van der Waals surface area contributed by atoms with Crippen molar-refractivity contribution in [2.24, 2.45) is 0 Å². The fourth-order valence-corrected chi connectivity index (χ4v) is 2.30. The molecule has 0 saturated heterocycles. The van der Waals surface area contributed by atoms with Crippen molar-refractivity contribution in [3.8, 4) is 0 Å². The van der Waals surface area contributed by atoms with Gasteiger partial charge < -0.3 is 9.84 Å². The van der Waals surface area contributed by atoms with Crippen LogP contribution in [0.4, 0.5) is 0 Å². The zero-order valence-corrected chi connectivity index (χ0v) is 12.5. The summed E-state index contributed by atoms with van der Waals surface area (Å²) in [5.41, 5.74) is 1.23. The number of aromatic nitrogens is 3. The van der Waals surface area contributed by atoms with E-state index >= 15 is 0 Å². The van der Waals surface area contributed by atoms with Crippen LogP contribution in [0.5, 0.6) is 0 Å². The normalized spacial score (nSPS) is 12.4. The van der Waals surface area contributed by atoms with Crippen LogP contribution in [-0.4, -0.2) is 32.4 Å². The molecule has 0 unspecified atom stereocenters. The van der Waals surface area contributed by atoms with Gasteiger partial charge in [0, 0.05) is 6.20 Å². The minimum absolute atomic E-state index is 0.130. The third-order valence-corrected chi connectivity index (χ3v) is 3.43. The van der Waals surface area contributed by atoms with Crippen LogP contribution < -0.4 is 5.56 Å². The van der Waals surface area contributed by atoms with Gasteiger partial charge in [-0.15, -0.1) is 0 Å². The van der Waals surface area contributed by atoms with Gasteiger partial charge in [0.15, 0.2) is 5.65 Å². The van der Waals surface area contributed by atoms with Crippen molar-refractivity contribution >= 4 is 11.0 Å². The summed E-state index contributed by atoms with van der Waals surface area (Å²) < 4.78 is 6.86. The second-order valence-electron chi connectivity index (χ2n) is 5.23. The van der Waals surface area contributed by atoms with Gasteiger partial charge in [0.05, 0.1) is 31.2 Å². The maximum absolute atomic E-state index is 12.3. The molecule has 6 heteroatoms. The third kappa shape index (κ3) is 3.80. The summed E-state index contributed by atoms with van der Waals surface area (Å²) in [6, 6.07) is 13.1. The zero-order valence-electron chi connectivity index (χ0n) is 12.5. The highest BCUT2D eigenvalue weighted by Crippen LogP contribution is 2.03. The lowest BCUT2D eigenvalue weighted by Gasteiger charge is -2.13. The van der Waals surface area contributed by atoms with Crippen molar-refractivity contribution < 1.29 is 9.84 Å². The van der Waals surface area contributed by atoms with Gasteiger partial charge in [-0.3, -0.25) is 9.36 Å². The Hall–Kier alpha value is -2.57. The first kappa shape index (κ1) is 15.3. The maximum Gasteiger partial charge on any atom is 0.262 e. The van der Waals surface area contributed by atoms with Crippen LogP contribution in [0.1, 0.15) is 5.56 Å². The number of ether oxygens (including phenoxy) is 1. The predicted molar refractivity (Wildman–Crippen MR) is 85.9 cm³/mol. The number of hydrogen-bond acceptors (Lipinski definition) is 5. The van der Waals surface area contributed by atoms with Gasteiger partial charge in [-0.25, -0.2) is 9.97 Å². The second kappa shape index (κ2) is 7.13. The van der Waals surface area contributed by atoms with E-state index < -0.39 is 6.10 Å². The number of nitrogens with zero attached hydrogens (tertiary/aromatic N) is 3. The number of benzene rings is 1. The van der Waals surface area contributed by atoms with Crippen molar-refractivity contribution in [1.82, 2.24) is 14.5 Å². The fraction of sp³-hybridized carbons (Fsp3) is 0.235. The molecule has 1 N–H and O–H groups in total. The molecule has 0 aliphatic heterocycles. The Morgan fingerprint density at radius 2 is 1.96 bits per heavy atom. The Labute approximate surface area is 133 Å². The minimum Gasteiger partial charge on any atom is -0.389 e. The lowest BCUT2D eigenvalue weighted by Crippen LogP contribution is -2.29. The Kier molecular flexibility index (Phi) is 4.75. The zero-order chi connectivity index (χ0) is 16.1. The molecule has 0 fully saturated rings. The molecule has 0 aliphatic rings. The average molecular weight is 311 g/mol. The van der Waals surface area contributed by atoms with Crippen molar-refractivity contribution in [2.45, 2.75) is 19.3 Å². The van der Waals surface area contributed by atoms with Crippen molar-refractivity contribution in [2.75, 3.05) is 6.61 Å². The first-order valence-corrected chi connectivity index (χ1v) is 7.34. The number of aliphatic hydroxyl groups is 1. The first-order valence-electron chi connectivity index (χ1n) is 7.34. The fourth-order valence-electron chi connectivity index (χ4n) is 2.30. The topological polar surface area (TPSA) is 77.2 Å². The number of rotatable bonds is 6. The van der Waals surface area contributed by atoms with Crippen LogP contribution in [0.15, 0.2) is 59.8 Å². The summed E-state index contributed by atoms with van der Waals surface area (Å²) in [4.78, 5) is 20.4. The molecule has 3 rings (SSSR count). The molecule has 3 aromatic rings. The molecule has 0 saturated carbocycles. The molecule has 0 radical (unpaired) electrons. The lowest BCUT2D eigenvalue weighted by atomic mass is 10.2. The Balaban J connectivity index is 1.60. The van der Waals surface area contributed by atoms with E-state index in [1.165, 1.54) is 10.9 Å². The first-order chi connectivity index (χ1) is 11.2. The summed E-state index contributed by atoms with van der Waals surface area (Å²) >= 11 is 0. The quantitative estimate of drug-likeness (QED) is 0.744. The molecule has 2 heterocycles. The van der Waals surface area contributed by atoms with Crippen LogP contribution in [-0.2, 0) is 17.9 Å². The smallest absolute Gasteiger partial charge is 0.262 e. The predicted octanol–water partition coefficient (Wildman–Crippen LogP) is 1.37. The van der Waals surface area contributed by atoms with Gasteiger partial charge in [0.25, 0.3) is 5.56 Å². The van der Waals surface area contributed by atoms with E-state index in [-0.39, 0.29) is 18.7 Å². The van der Waals surface area contributed by atoms with Crippen LogP contribution >= 0.6 is 0 Å². The molecule has 0 bridgehead atoms. The van der Waals surface area contributed by atoms with Crippen LogP contribution in [0.2, 0.25) is 0 Å². The number of hydrogen-bond donors (Lipinski definition) is 1. The van der Waals surface area contributed by atoms with Gasteiger partial charge in [-0.1, -0.05) is 30.3 Å². The van der Waals surface area contributed by atoms with Crippen LogP contribution in [0.25, 0.3) is 11.0 Å². The monoisotopic (exact) mass is 311 g/mol. The molecule has 1 aromatic carbocycles. The average Bonchev–Trinajstić information content (AvgIpc) is 2.59. The van der Waals surface area contributed by atoms with E-state index in [1.807, 2.05) is 30.3 Å². The highest BCUT2D eigenvalue weighted by molar-refractivity contribution is 5.72. The molecular formula is C17H17N3O3. The van der Waals surface area contributed by atoms with E-state index in [2.05, 4.69) is 9.97 Å². The summed E-state index contributed by atoms with van der Waals surface area (Å²) in [6.07, 6.45) is 2.20. The summed E-state index contributed by atoms with van der Waals surface area (Å²) in [6.45, 7) is 0.699. The minimum atomic E-state index is -0.785. The highest BCUT2D eigenvalue weighted by atomic mass is 16.5. The Morgan fingerprint density at radius 3 is 2.78 bits per heavy atom. The van der Waals surface area contributed by atoms with Gasteiger partial charge in [0.2, 0.25) is 0 Å². The van der Waals surface area contributed by atoms with Crippen molar-refractivity contribution in [3.05, 3.63) is 70.9 Å². The van der Waals surface area contributed by atoms with Gasteiger partial charge >= 0.3 is 0 Å². The standard InChI is InChI=1S/C17H17N3O3/c21-14(11-23-10-13-5-2-1-3-6-13)9-20-12-19-16-15(17(20)22)7-4-8-18-16/h1-8,12,14,21H,9-11H2/t14-/m1/s1. The Morgan fingerprint density at radius 1 is 1.13 bits per heavy atom. The molecule has 0 spiro atoms. The summed E-state index contributed by atoms with van der Waals surface area (Å²) in [7, 11) is 0. The van der Waals surface area contributed by atoms with Crippen molar-refractivity contribution in [3.63, 3.8) is 0 Å². The summed E-state index contributed by atoms with van der Waals surface area (Å²) in [5.74, 6) is 0. The molecule has 6 nitrogen and oxygen atoms in total. The van der Waals surface area contributed by atoms with Gasteiger partial charge in [0.1, 0.15) is 6.33 Å². The van der Waals surface area contributed by atoms with E-state index in [9.17, 15) is 9.90 Å². The number of aliphatic hydroxyl groups excluding tert-OH is 1. The third-order valence-electron chi connectivity index (χ3n) is 3.43. The maximum atomic E-state index is 12.3. The van der Waals surface area contributed by atoms with E-state index in [4.69, 9.17) is 4.74 Å². The highest BCUT2D eigenvalue weighted by Gasteiger charge is 2.10. The van der Waals surface area contributed by atoms with Crippen LogP contribution in [0, 0.1) is 0 Å². The van der Waals surface area contributed by atoms with E-state index in [1.54, 1.807) is 18.3 Å². The SMILES string of the molecule is O=c1c2cccnc2ncn1C[C@@H](O)COCc1ccccc1. The molecule has 2 aromatic heterocycles. The molecule has 23 heavy (non-hydrogen) atoms. The molecule has 0 aliphatic carbocycles. The van der Waals surface area contributed by atoms with E-state index in [0.29, 0.717) is 17.6 Å². The van der Waals surface area contributed by atoms with Crippen LogP contribution in [0.3, 0.4) is 0 Å². The number of pyridine rings is 1. The second-order valence-corrected chi connectivity index (χ2v) is 5.23. The van der Waals surface area contributed by atoms with Gasteiger partial charge in [-0.05, 0) is 17.7 Å². The lowest BCUT2D eigenvalue weighted by molar-refractivity contribution is 0.0198. The molecule has 118 valence electrons. The number of fused-ring (bicyclic) bond motifs is 1. The molecule has 1 atom stereocenters. The molecule has 0 amide bonds.